The van der Waals surface area contributed by atoms with E-state index in [0.717, 1.165) is 18.8 Å². The Hall–Kier alpha value is -0.330. The van der Waals surface area contributed by atoms with Gasteiger partial charge in [0.25, 0.3) is 0 Å². The minimum Gasteiger partial charge on any atom is -0.300 e. The van der Waals surface area contributed by atoms with Crippen LogP contribution in [0.5, 0.6) is 0 Å². The van der Waals surface area contributed by atoms with Gasteiger partial charge in [0.15, 0.2) is 0 Å². The summed E-state index contributed by atoms with van der Waals surface area (Å²) in [5, 5.41) is 0. The number of ketones is 1. The Kier molecular flexibility index (Phi) is 8.07. The van der Waals surface area contributed by atoms with Gasteiger partial charge < -0.3 is 4.79 Å². The number of carbonyl (C=O) groups excluding carboxylic acids is 1. The molecule has 0 saturated carbocycles. The van der Waals surface area contributed by atoms with E-state index in [1.807, 2.05) is 0 Å². The van der Waals surface area contributed by atoms with Gasteiger partial charge in [-0.1, -0.05) is 46.0 Å². The molecule has 0 aliphatic heterocycles. The maximum absolute atomic E-state index is 10.6. The molecule has 13 heavy (non-hydrogen) atoms. The fraction of sp³-hybridized carbons (Fsp3) is 0.917. The Morgan fingerprint density at radius 1 is 1.15 bits per heavy atom. The van der Waals surface area contributed by atoms with Gasteiger partial charge in [0.05, 0.1) is 0 Å². The zero-order valence-corrected chi connectivity index (χ0v) is 9.44. The molecule has 0 spiro atoms. The van der Waals surface area contributed by atoms with Gasteiger partial charge in [-0.15, -0.1) is 0 Å². The second-order valence-electron chi connectivity index (χ2n) is 4.17. The summed E-state index contributed by atoms with van der Waals surface area (Å²) in [7, 11) is 0. The van der Waals surface area contributed by atoms with Crippen LogP contribution in [0.4, 0.5) is 0 Å². The van der Waals surface area contributed by atoms with Crippen LogP contribution >= 0.6 is 0 Å². The molecule has 0 N–H and O–H groups in total. The molecule has 0 aromatic heterocycles. The van der Waals surface area contributed by atoms with Gasteiger partial charge >= 0.3 is 0 Å². The number of carbonyl (C=O) groups is 1. The van der Waals surface area contributed by atoms with Crippen molar-refractivity contribution in [2.75, 3.05) is 0 Å². The third-order valence-electron chi connectivity index (χ3n) is 2.67. The average Bonchev–Trinajstić information content (AvgIpc) is 2.10. The van der Waals surface area contributed by atoms with Crippen molar-refractivity contribution in [1.82, 2.24) is 0 Å². The summed E-state index contributed by atoms with van der Waals surface area (Å²) < 4.78 is 0. The van der Waals surface area contributed by atoms with E-state index in [0.29, 0.717) is 5.78 Å². The SMILES string of the molecule is CCC(C)CCCCCCC(C)=O. The lowest BCUT2D eigenvalue weighted by Gasteiger charge is -2.06. The fourth-order valence-corrected chi connectivity index (χ4v) is 1.42. The van der Waals surface area contributed by atoms with Crippen molar-refractivity contribution in [2.24, 2.45) is 5.92 Å². The molecule has 0 radical (unpaired) electrons. The van der Waals surface area contributed by atoms with E-state index in [9.17, 15) is 4.79 Å². The van der Waals surface area contributed by atoms with E-state index in [4.69, 9.17) is 0 Å². The third-order valence-corrected chi connectivity index (χ3v) is 2.67. The van der Waals surface area contributed by atoms with Crippen molar-refractivity contribution in [3.63, 3.8) is 0 Å². The monoisotopic (exact) mass is 184 g/mol. The quantitative estimate of drug-likeness (QED) is 0.522. The predicted octanol–water partition coefficient (Wildman–Crippen LogP) is 3.96. The molecule has 78 valence electrons. The Morgan fingerprint density at radius 3 is 2.31 bits per heavy atom. The molecule has 0 aromatic rings. The first kappa shape index (κ1) is 12.7. The van der Waals surface area contributed by atoms with Crippen LogP contribution in [0, 0.1) is 5.92 Å². The van der Waals surface area contributed by atoms with E-state index < -0.39 is 0 Å². The first-order valence-corrected chi connectivity index (χ1v) is 5.66. The van der Waals surface area contributed by atoms with Crippen molar-refractivity contribution in [1.29, 1.82) is 0 Å². The molecule has 1 atom stereocenters. The lowest BCUT2D eigenvalue weighted by molar-refractivity contribution is -0.117. The lowest BCUT2D eigenvalue weighted by atomic mass is 10.00. The fourth-order valence-electron chi connectivity index (χ4n) is 1.42. The molecule has 1 nitrogen and oxygen atoms in total. The molecular formula is C12H24O. The van der Waals surface area contributed by atoms with Gasteiger partial charge in [-0.25, -0.2) is 0 Å². The summed E-state index contributed by atoms with van der Waals surface area (Å²) >= 11 is 0. The number of rotatable bonds is 8. The minimum absolute atomic E-state index is 0.335. The second-order valence-corrected chi connectivity index (χ2v) is 4.17. The lowest BCUT2D eigenvalue weighted by Crippen LogP contribution is -1.92. The molecule has 0 aliphatic rings. The van der Waals surface area contributed by atoms with Crippen LogP contribution in [0.2, 0.25) is 0 Å². The summed E-state index contributed by atoms with van der Waals surface area (Å²) in [4.78, 5) is 10.6. The largest absolute Gasteiger partial charge is 0.300 e. The molecule has 0 bridgehead atoms. The highest BCUT2D eigenvalue weighted by molar-refractivity contribution is 5.75. The third kappa shape index (κ3) is 9.59. The van der Waals surface area contributed by atoms with Gasteiger partial charge in [0, 0.05) is 6.42 Å². The van der Waals surface area contributed by atoms with Crippen LogP contribution in [0.3, 0.4) is 0 Å². The second kappa shape index (κ2) is 8.28. The standard InChI is InChI=1S/C12H24O/c1-4-11(2)9-7-5-6-8-10-12(3)13/h11H,4-10H2,1-3H3. The van der Waals surface area contributed by atoms with Gasteiger partial charge in [0.2, 0.25) is 0 Å². The predicted molar refractivity (Wildman–Crippen MR) is 57.8 cm³/mol. The molecule has 0 fully saturated rings. The Balaban J connectivity index is 3.04. The molecule has 0 aromatic carbocycles. The van der Waals surface area contributed by atoms with Crippen molar-refractivity contribution in [3.05, 3.63) is 0 Å². The molecular weight excluding hydrogens is 160 g/mol. The first-order valence-electron chi connectivity index (χ1n) is 5.66. The number of Topliss-reactive ketones (excluding diaryl/α,β-unsaturated/α-hetero) is 1. The molecule has 0 saturated heterocycles. The Bertz CT molecular complexity index is 129. The summed E-state index contributed by atoms with van der Waals surface area (Å²) in [6.07, 6.45) is 8.41. The summed E-state index contributed by atoms with van der Waals surface area (Å²) in [5.74, 6) is 1.22. The smallest absolute Gasteiger partial charge is 0.129 e. The Morgan fingerprint density at radius 2 is 1.77 bits per heavy atom. The summed E-state index contributed by atoms with van der Waals surface area (Å²) in [6, 6.07) is 0. The normalized spacial score (nSPS) is 12.8. The molecule has 0 rings (SSSR count). The zero-order valence-electron chi connectivity index (χ0n) is 9.44. The number of hydrogen-bond donors (Lipinski definition) is 0. The zero-order chi connectivity index (χ0) is 10.1. The van der Waals surface area contributed by atoms with Crippen LogP contribution in [-0.4, -0.2) is 5.78 Å². The topological polar surface area (TPSA) is 17.1 Å². The van der Waals surface area contributed by atoms with Gasteiger partial charge in [0.1, 0.15) is 5.78 Å². The molecule has 0 aliphatic carbocycles. The molecule has 1 heteroatoms. The summed E-state index contributed by atoms with van der Waals surface area (Å²) in [6.45, 7) is 6.25. The molecule has 1 unspecified atom stereocenters. The molecule has 0 heterocycles. The Labute approximate surface area is 82.9 Å². The highest BCUT2D eigenvalue weighted by Gasteiger charge is 1.98. The van der Waals surface area contributed by atoms with E-state index in [-0.39, 0.29) is 0 Å². The maximum atomic E-state index is 10.6. The van der Waals surface area contributed by atoms with E-state index in [2.05, 4.69) is 13.8 Å². The minimum atomic E-state index is 0.335. The summed E-state index contributed by atoms with van der Waals surface area (Å²) in [5.41, 5.74) is 0. The van der Waals surface area contributed by atoms with Crippen LogP contribution < -0.4 is 0 Å². The van der Waals surface area contributed by atoms with Gasteiger partial charge in [-0.2, -0.15) is 0 Å². The van der Waals surface area contributed by atoms with Crippen molar-refractivity contribution in [2.45, 2.75) is 65.7 Å². The van der Waals surface area contributed by atoms with Crippen molar-refractivity contribution in [3.8, 4) is 0 Å². The van der Waals surface area contributed by atoms with Crippen molar-refractivity contribution >= 4 is 5.78 Å². The molecule has 0 amide bonds. The van der Waals surface area contributed by atoms with Crippen LogP contribution in [0.1, 0.15) is 65.7 Å². The van der Waals surface area contributed by atoms with E-state index >= 15 is 0 Å². The van der Waals surface area contributed by atoms with Crippen LogP contribution in [-0.2, 0) is 4.79 Å². The highest BCUT2D eigenvalue weighted by Crippen LogP contribution is 2.13. The van der Waals surface area contributed by atoms with Crippen LogP contribution in [0.25, 0.3) is 0 Å². The van der Waals surface area contributed by atoms with Gasteiger partial charge in [-0.05, 0) is 19.3 Å². The van der Waals surface area contributed by atoms with E-state index in [1.54, 1.807) is 6.92 Å². The highest BCUT2D eigenvalue weighted by atomic mass is 16.1. The van der Waals surface area contributed by atoms with E-state index in [1.165, 1.54) is 32.1 Å². The average molecular weight is 184 g/mol. The first-order chi connectivity index (χ1) is 6.16. The maximum Gasteiger partial charge on any atom is 0.129 e. The van der Waals surface area contributed by atoms with Crippen molar-refractivity contribution < 1.29 is 4.79 Å². The van der Waals surface area contributed by atoms with Crippen LogP contribution in [0.15, 0.2) is 0 Å². The van der Waals surface area contributed by atoms with Gasteiger partial charge in [-0.3, -0.25) is 0 Å². The number of unbranched alkanes of at least 4 members (excludes halogenated alkanes) is 3. The number of hydrogen-bond acceptors (Lipinski definition) is 1.